The first kappa shape index (κ1) is 51.0. The molecule has 0 aromatic rings. The van der Waals surface area contributed by atoms with Gasteiger partial charge in [0.2, 0.25) is 0 Å². The summed E-state index contributed by atoms with van der Waals surface area (Å²) in [6.07, 6.45) is 0. The van der Waals surface area contributed by atoms with Crippen molar-refractivity contribution in [2.24, 2.45) is 0 Å². The second-order valence-corrected chi connectivity index (χ2v) is 84.6. The molecule has 274 valence electrons. The fourth-order valence-corrected chi connectivity index (χ4v) is 127. The van der Waals surface area contributed by atoms with Crippen LogP contribution in [0.25, 0.3) is 0 Å². The third-order valence-electron chi connectivity index (χ3n) is 10.4. The minimum atomic E-state index is -1.59. The Hall–Kier alpha value is 2.87. The molecule has 0 amide bonds. The van der Waals surface area contributed by atoms with Crippen LogP contribution in [0.15, 0.2) is 0 Å². The first-order chi connectivity index (χ1) is 19.5. The van der Waals surface area contributed by atoms with Crippen molar-refractivity contribution < 1.29 is 0 Å². The monoisotopic (exact) mass is 998 g/mol. The quantitative estimate of drug-likeness (QED) is 0.152. The molecule has 2 radical (unpaired) electrons. The second-order valence-electron chi connectivity index (χ2n) is 24.5. The standard InChI is InChI=1S/C18H45Si5.C17H45Si5.Pb/c1-16(2)23(15,17(19(3,4)5)20(6,7)8)18(21(9,10)11)22(12,13)14;1-15(2)18(16(19(3,4)5)20(6,7)8)17(21(9,10)11)22(12,13)14;/h16-18H,1-14H3;15-17H,1-14H3;. The third-order valence-corrected chi connectivity index (χ3v) is 87.5. The van der Waals surface area contributed by atoms with E-state index in [1.54, 1.807) is 0 Å². The van der Waals surface area contributed by atoms with Crippen LogP contribution in [0.5, 0.6) is 0 Å². The van der Waals surface area contributed by atoms with Crippen LogP contribution >= 0.6 is 0 Å². The van der Waals surface area contributed by atoms with Crippen LogP contribution in [-0.2, 0) is 0 Å². The van der Waals surface area contributed by atoms with Crippen LogP contribution < -0.4 is 0 Å². The van der Waals surface area contributed by atoms with Gasteiger partial charge in [-0.1, -0.05) is 108 Å². The third kappa shape index (κ3) is 14.0. The average molecular weight is 999 g/mol. The zero-order chi connectivity index (χ0) is 38.2. The zero-order valence-electron chi connectivity index (χ0n) is 37.5. The molecule has 0 rings (SSSR count). The van der Waals surface area contributed by atoms with E-state index in [-0.39, 0.29) is 8.80 Å². The molecule has 0 aromatic heterocycles. The van der Waals surface area contributed by atoms with Gasteiger partial charge in [0.05, 0.1) is 0 Å². The second kappa shape index (κ2) is 16.9. The Kier molecular flexibility index (Phi) is 18.7. The van der Waals surface area contributed by atoms with Crippen LogP contribution in [0.1, 0.15) is 27.7 Å². The molecule has 0 atom stereocenters. The van der Waals surface area contributed by atoms with Crippen LogP contribution in [0, 0.1) is 2.98 Å². The summed E-state index contributed by atoms with van der Waals surface area (Å²) in [5.41, 5.74) is 1.80. The molecule has 0 saturated carbocycles. The Morgan fingerprint density at radius 3 is 0.652 bits per heavy atom. The van der Waals surface area contributed by atoms with Crippen molar-refractivity contribution in [3.05, 3.63) is 0 Å². The molecule has 11 heteroatoms. The minimum absolute atomic E-state index is 0.321. The molecule has 0 heterocycles. The van der Waals surface area contributed by atoms with Gasteiger partial charge >= 0.3 is 176 Å². The Balaban J connectivity index is 0. The molecule has 0 aliphatic heterocycles. The van der Waals surface area contributed by atoms with E-state index in [4.69, 9.17) is 0 Å². The molecule has 0 unspecified atom stereocenters. The summed E-state index contributed by atoms with van der Waals surface area (Å²) < 4.78 is 4.36. The summed E-state index contributed by atoms with van der Waals surface area (Å²) in [7, 11) is -11.3. The van der Waals surface area contributed by atoms with Crippen LogP contribution in [0.2, 0.25) is 187 Å². The fourth-order valence-electron chi connectivity index (χ4n) is 12.0. The van der Waals surface area contributed by atoms with E-state index < -0.39 is 72.7 Å². The SMILES string of the molecule is CC(C)[Si](C([Si](C)(C)C)[Si](C)(C)C)C([Si](C)(C)C)[Si](C)(C)C.CC(C)[Si]([C]#[Pb])(C([Si](C)(C)C)[Si](C)(C)C)C([Si](C)(C)C)[Si](C)(C)C. The van der Waals surface area contributed by atoms with Crippen molar-refractivity contribution in [3.8, 4) is 2.98 Å². The maximum atomic E-state index is 4.36. The molecule has 46 heavy (non-hydrogen) atoms. The predicted octanol–water partition coefficient (Wildman–Crippen LogP) is 13.9. The van der Waals surface area contributed by atoms with Gasteiger partial charge in [0.1, 0.15) is 0 Å². The van der Waals surface area contributed by atoms with Gasteiger partial charge in [-0.2, -0.15) is 0 Å². The molecular formula is C35H90PbSi10. The van der Waals surface area contributed by atoms with Crippen molar-refractivity contribution in [1.82, 2.24) is 0 Å². The molecule has 0 nitrogen and oxygen atoms in total. The van der Waals surface area contributed by atoms with E-state index in [0.717, 1.165) is 30.2 Å². The van der Waals surface area contributed by atoms with Crippen molar-refractivity contribution in [2.75, 3.05) is 0 Å². The van der Waals surface area contributed by atoms with Gasteiger partial charge in [-0.25, -0.2) is 0 Å². The van der Waals surface area contributed by atoms with E-state index in [1.165, 1.54) is 25.1 Å². The van der Waals surface area contributed by atoms with Gasteiger partial charge in [0, 0.05) is 41.1 Å². The number of hydrogen-bond donors (Lipinski definition) is 0. The zero-order valence-corrected chi connectivity index (χ0v) is 51.4. The van der Waals surface area contributed by atoms with Gasteiger partial charge in [-0.05, 0) is 0 Å². The van der Waals surface area contributed by atoms with Crippen molar-refractivity contribution in [1.29, 1.82) is 0 Å². The Labute approximate surface area is 321 Å². The van der Waals surface area contributed by atoms with E-state index in [0.29, 0.717) is 0 Å². The summed E-state index contributed by atoms with van der Waals surface area (Å²) in [5, 5.41) is 0. The molecule has 0 aromatic carbocycles. The predicted molar refractivity (Wildman–Crippen MR) is 253 cm³/mol. The maximum absolute atomic E-state index is 4.36. The fraction of sp³-hybridized carbons (Fsp3) is 0.971. The Morgan fingerprint density at radius 1 is 0.370 bits per heavy atom. The van der Waals surface area contributed by atoms with Crippen molar-refractivity contribution >= 4 is 107 Å². The summed E-state index contributed by atoms with van der Waals surface area (Å²) >= 11 is 1.18. The molecule has 0 spiro atoms. The molecular weight excluding hydrogens is 908 g/mol. The van der Waals surface area contributed by atoms with Gasteiger partial charge < -0.3 is 0 Å². The average Bonchev–Trinajstić information content (AvgIpc) is 2.64. The van der Waals surface area contributed by atoms with Gasteiger partial charge in [-0.15, -0.1) is 0 Å². The molecule has 0 aliphatic carbocycles. The molecule has 0 N–H and O–H groups in total. The first-order valence-corrected chi connectivity index (χ1v) is 53.4. The van der Waals surface area contributed by atoms with Crippen molar-refractivity contribution in [2.45, 2.75) is 215 Å². The van der Waals surface area contributed by atoms with Crippen LogP contribution in [0.4, 0.5) is 0 Å². The number of hydrogen-bond acceptors (Lipinski definition) is 0. The number of rotatable bonds is 14. The van der Waals surface area contributed by atoms with Crippen LogP contribution in [0.3, 0.4) is 0 Å². The normalized spacial score (nSPS) is 15.4. The summed E-state index contributed by atoms with van der Waals surface area (Å²) in [6, 6.07) is 0. The van der Waals surface area contributed by atoms with E-state index >= 15 is 0 Å². The summed E-state index contributed by atoms with van der Waals surface area (Å²) in [6.45, 7) is 74.7. The van der Waals surface area contributed by atoms with Gasteiger partial charge in [0.15, 0.2) is 0 Å². The molecule has 0 saturated heterocycles. The van der Waals surface area contributed by atoms with E-state index in [9.17, 15) is 0 Å². The topological polar surface area (TPSA) is 0 Å². The Morgan fingerprint density at radius 2 is 0.565 bits per heavy atom. The molecule has 0 bridgehead atoms. The van der Waals surface area contributed by atoms with Crippen molar-refractivity contribution in [3.63, 3.8) is 0 Å². The summed E-state index contributed by atoms with van der Waals surface area (Å²) in [4.78, 5) is 4.43. The van der Waals surface area contributed by atoms with Crippen LogP contribution in [-0.4, -0.2) is 107 Å². The Bertz CT molecular complexity index is 857. The van der Waals surface area contributed by atoms with E-state index in [2.05, 4.69) is 188 Å². The van der Waals surface area contributed by atoms with Gasteiger partial charge in [-0.3, -0.25) is 0 Å². The van der Waals surface area contributed by atoms with E-state index in [1.807, 2.05) is 0 Å². The van der Waals surface area contributed by atoms with Gasteiger partial charge in [0.25, 0.3) is 0 Å². The first-order valence-electron chi connectivity index (χ1n) is 18.9. The summed E-state index contributed by atoms with van der Waals surface area (Å²) in [5.74, 6) is 0. The molecule has 0 fully saturated rings. The molecule has 0 aliphatic rings.